The molecule has 3 aliphatic heterocycles. The molecule has 1 atom stereocenters. The molecule has 3 heterocycles. The third kappa shape index (κ3) is 3.72. The molecule has 0 aliphatic carbocycles. The summed E-state index contributed by atoms with van der Waals surface area (Å²) in [6.45, 7) is 4.24. The summed E-state index contributed by atoms with van der Waals surface area (Å²) in [6, 6.07) is 0.142. The highest BCUT2D eigenvalue weighted by Gasteiger charge is 2.31. The predicted octanol–water partition coefficient (Wildman–Crippen LogP) is 1.64. The van der Waals surface area contributed by atoms with E-state index < -0.39 is 0 Å². The Kier molecular flexibility index (Phi) is 5.18. The molecule has 0 N–H and O–H groups in total. The number of hydrogen-bond donors (Lipinski definition) is 0. The van der Waals surface area contributed by atoms with Crippen molar-refractivity contribution >= 4 is 12.0 Å². The van der Waals surface area contributed by atoms with Crippen LogP contribution in [0.2, 0.25) is 0 Å². The molecule has 0 aromatic heterocycles. The smallest absolute Gasteiger partial charge is 0.319 e. The number of rotatable bonds is 3. The molecule has 0 bridgehead atoms. The number of likely N-dealkylation sites (tertiary alicyclic amines) is 2. The van der Waals surface area contributed by atoms with Crippen LogP contribution in [0.4, 0.5) is 4.79 Å². The van der Waals surface area contributed by atoms with E-state index >= 15 is 0 Å². The topological polar surface area (TPSA) is 59.1 Å². The second kappa shape index (κ2) is 7.31. The molecule has 0 radical (unpaired) electrons. The van der Waals surface area contributed by atoms with Crippen molar-refractivity contribution in [3.05, 3.63) is 0 Å². The third-order valence-corrected chi connectivity index (χ3v) is 4.91. The van der Waals surface area contributed by atoms with E-state index in [0.29, 0.717) is 32.5 Å². The quantitative estimate of drug-likeness (QED) is 0.744. The zero-order chi connectivity index (χ0) is 15.4. The van der Waals surface area contributed by atoms with Crippen LogP contribution in [0.15, 0.2) is 0 Å². The zero-order valence-corrected chi connectivity index (χ0v) is 13.2. The number of carbonyl (C=O) groups excluding carboxylic acids is 2. The Morgan fingerprint density at radius 1 is 0.955 bits per heavy atom. The molecule has 3 fully saturated rings. The number of piperidine rings is 1. The number of carbonyl (C=O) groups is 2. The maximum Gasteiger partial charge on any atom is 0.319 e. The lowest BCUT2D eigenvalue weighted by atomic mass is 9.97. The molecule has 0 spiro atoms. The molecule has 0 aromatic carbocycles. The lowest BCUT2D eigenvalue weighted by Crippen LogP contribution is -2.46. The maximum absolute atomic E-state index is 12.3. The van der Waals surface area contributed by atoms with Crippen LogP contribution in [0, 0.1) is 5.92 Å². The van der Waals surface area contributed by atoms with E-state index in [4.69, 9.17) is 9.47 Å². The van der Waals surface area contributed by atoms with Crippen LogP contribution in [0.1, 0.15) is 38.5 Å². The number of nitrogens with zero attached hydrogens (tertiary/aromatic N) is 2. The summed E-state index contributed by atoms with van der Waals surface area (Å²) in [4.78, 5) is 28.2. The predicted molar refractivity (Wildman–Crippen MR) is 80.4 cm³/mol. The molecule has 2 amide bonds. The van der Waals surface area contributed by atoms with Gasteiger partial charge in [-0.2, -0.15) is 0 Å². The fourth-order valence-electron chi connectivity index (χ4n) is 3.48. The molecule has 0 aromatic rings. The lowest BCUT2D eigenvalue weighted by molar-refractivity contribution is -0.153. The van der Waals surface area contributed by atoms with Crippen molar-refractivity contribution in [3.8, 4) is 0 Å². The van der Waals surface area contributed by atoms with Gasteiger partial charge in [-0.3, -0.25) is 4.79 Å². The molecular formula is C16H26N2O4. The molecule has 6 heteroatoms. The average molecular weight is 310 g/mol. The summed E-state index contributed by atoms with van der Waals surface area (Å²) < 4.78 is 10.8. The third-order valence-electron chi connectivity index (χ3n) is 4.91. The molecule has 124 valence electrons. The second-order valence-corrected chi connectivity index (χ2v) is 6.50. The van der Waals surface area contributed by atoms with Crippen LogP contribution in [0.25, 0.3) is 0 Å². The van der Waals surface area contributed by atoms with Gasteiger partial charge in [0.1, 0.15) is 6.61 Å². The van der Waals surface area contributed by atoms with Crippen molar-refractivity contribution in [1.29, 1.82) is 0 Å². The van der Waals surface area contributed by atoms with E-state index in [-0.39, 0.29) is 24.0 Å². The van der Waals surface area contributed by atoms with Crippen molar-refractivity contribution in [1.82, 2.24) is 9.80 Å². The van der Waals surface area contributed by atoms with Gasteiger partial charge in [-0.05, 0) is 38.5 Å². The van der Waals surface area contributed by atoms with Crippen molar-refractivity contribution in [2.75, 3.05) is 39.4 Å². The summed E-state index contributed by atoms with van der Waals surface area (Å²) >= 11 is 0. The first-order chi connectivity index (χ1) is 10.7. The molecule has 3 aliphatic rings. The number of hydrogen-bond acceptors (Lipinski definition) is 4. The normalized spacial score (nSPS) is 26.5. The summed E-state index contributed by atoms with van der Waals surface area (Å²) in [5.74, 6) is -0.187. The molecular weight excluding hydrogens is 284 g/mol. The van der Waals surface area contributed by atoms with Gasteiger partial charge in [-0.1, -0.05) is 0 Å². The highest BCUT2D eigenvalue weighted by Crippen LogP contribution is 2.22. The van der Waals surface area contributed by atoms with E-state index in [1.165, 1.54) is 0 Å². The van der Waals surface area contributed by atoms with Crippen molar-refractivity contribution in [3.63, 3.8) is 0 Å². The van der Waals surface area contributed by atoms with Crippen molar-refractivity contribution < 1.29 is 19.1 Å². The van der Waals surface area contributed by atoms with Crippen molar-refractivity contribution in [2.24, 2.45) is 5.92 Å². The van der Waals surface area contributed by atoms with E-state index in [2.05, 4.69) is 0 Å². The number of urea groups is 1. The van der Waals surface area contributed by atoms with Crippen LogP contribution >= 0.6 is 0 Å². The molecule has 3 rings (SSSR count). The zero-order valence-electron chi connectivity index (χ0n) is 13.2. The standard InChI is InChI=1S/C16H26N2O4/c19-15(22-12-14-4-3-11-21-14)13-5-9-18(10-6-13)16(20)17-7-1-2-8-17/h13-14H,1-12H2. The first-order valence-corrected chi connectivity index (χ1v) is 8.56. The first-order valence-electron chi connectivity index (χ1n) is 8.56. The molecule has 1 unspecified atom stereocenters. The Bertz CT molecular complexity index is 395. The largest absolute Gasteiger partial charge is 0.463 e. The molecule has 22 heavy (non-hydrogen) atoms. The highest BCUT2D eigenvalue weighted by molar-refractivity contribution is 5.76. The van der Waals surface area contributed by atoms with Crippen LogP contribution in [-0.2, 0) is 14.3 Å². The Hall–Kier alpha value is -1.30. The van der Waals surface area contributed by atoms with E-state index in [1.54, 1.807) is 0 Å². The van der Waals surface area contributed by atoms with Gasteiger partial charge in [0.15, 0.2) is 0 Å². The minimum atomic E-state index is -0.122. The Balaban J connectivity index is 1.38. The van der Waals surface area contributed by atoms with E-state index in [0.717, 1.165) is 45.4 Å². The van der Waals surface area contributed by atoms with Gasteiger partial charge in [-0.25, -0.2) is 4.79 Å². The monoisotopic (exact) mass is 310 g/mol. The molecule has 0 saturated carbocycles. The van der Waals surface area contributed by atoms with Crippen LogP contribution in [0.3, 0.4) is 0 Å². The van der Waals surface area contributed by atoms with Gasteiger partial charge in [0.05, 0.1) is 12.0 Å². The SMILES string of the molecule is O=C(OCC1CCCO1)C1CCN(C(=O)N2CCCC2)CC1. The second-order valence-electron chi connectivity index (χ2n) is 6.50. The van der Waals surface area contributed by atoms with Gasteiger partial charge < -0.3 is 19.3 Å². The minimum absolute atomic E-state index is 0.0657. The van der Waals surface area contributed by atoms with Crippen LogP contribution in [-0.4, -0.2) is 67.3 Å². The summed E-state index contributed by atoms with van der Waals surface area (Å²) in [5.41, 5.74) is 0. The fraction of sp³-hybridized carbons (Fsp3) is 0.875. The Morgan fingerprint density at radius 3 is 2.27 bits per heavy atom. The number of amides is 2. The first kappa shape index (κ1) is 15.6. The van der Waals surface area contributed by atoms with E-state index in [9.17, 15) is 9.59 Å². The Morgan fingerprint density at radius 2 is 1.64 bits per heavy atom. The van der Waals surface area contributed by atoms with Gasteiger partial charge in [0, 0.05) is 32.8 Å². The van der Waals surface area contributed by atoms with Gasteiger partial charge in [0.2, 0.25) is 0 Å². The van der Waals surface area contributed by atoms with E-state index in [1.807, 2.05) is 9.80 Å². The number of ether oxygens (including phenoxy) is 2. The minimum Gasteiger partial charge on any atom is -0.463 e. The fourth-order valence-corrected chi connectivity index (χ4v) is 3.48. The van der Waals surface area contributed by atoms with Gasteiger partial charge in [-0.15, -0.1) is 0 Å². The lowest BCUT2D eigenvalue weighted by Gasteiger charge is -2.33. The summed E-state index contributed by atoms with van der Waals surface area (Å²) in [6.07, 6.45) is 5.76. The van der Waals surface area contributed by atoms with Gasteiger partial charge >= 0.3 is 12.0 Å². The molecule has 3 saturated heterocycles. The molecule has 6 nitrogen and oxygen atoms in total. The number of esters is 1. The average Bonchev–Trinajstić information content (AvgIpc) is 3.25. The van der Waals surface area contributed by atoms with Crippen LogP contribution < -0.4 is 0 Å². The van der Waals surface area contributed by atoms with Crippen molar-refractivity contribution in [2.45, 2.75) is 44.6 Å². The Labute approximate surface area is 131 Å². The maximum atomic E-state index is 12.3. The summed E-state index contributed by atoms with van der Waals surface area (Å²) in [7, 11) is 0. The summed E-state index contributed by atoms with van der Waals surface area (Å²) in [5, 5.41) is 0. The van der Waals surface area contributed by atoms with Gasteiger partial charge in [0.25, 0.3) is 0 Å². The highest BCUT2D eigenvalue weighted by atomic mass is 16.6. The van der Waals surface area contributed by atoms with Crippen LogP contribution in [0.5, 0.6) is 0 Å².